The van der Waals surface area contributed by atoms with Crippen molar-refractivity contribution < 1.29 is 18.3 Å². The molecular formula is C15H12Cl3NO4S. The predicted molar refractivity (Wildman–Crippen MR) is 93.9 cm³/mol. The molecule has 5 nitrogen and oxygen atoms in total. The average Bonchev–Trinajstić information content (AvgIpc) is 2.51. The molecule has 2 rings (SSSR count). The lowest BCUT2D eigenvalue weighted by Crippen LogP contribution is -2.23. The third-order valence-corrected chi connectivity index (χ3v) is 5.38. The number of nitrogens with one attached hydrogen (secondary N) is 1. The van der Waals surface area contributed by atoms with Crippen molar-refractivity contribution in [1.29, 1.82) is 0 Å². The SMILES string of the molecule is CS(=O)(=O)c1ccc(CNC(=O)c2c(O)c(Cl)cc(Cl)c2Cl)cc1. The molecule has 0 atom stereocenters. The zero-order chi connectivity index (χ0) is 18.1. The Morgan fingerprint density at radius 1 is 1.12 bits per heavy atom. The van der Waals surface area contributed by atoms with E-state index in [-0.39, 0.29) is 32.1 Å². The number of sulfone groups is 1. The molecule has 2 N–H and O–H groups in total. The minimum Gasteiger partial charge on any atom is -0.505 e. The molecule has 0 saturated carbocycles. The number of carbonyl (C=O) groups is 1. The van der Waals surface area contributed by atoms with Gasteiger partial charge >= 0.3 is 0 Å². The zero-order valence-corrected chi connectivity index (χ0v) is 15.4. The van der Waals surface area contributed by atoms with E-state index in [1.165, 1.54) is 18.2 Å². The van der Waals surface area contributed by atoms with E-state index in [1.807, 2.05) is 0 Å². The van der Waals surface area contributed by atoms with Gasteiger partial charge in [-0.05, 0) is 23.8 Å². The van der Waals surface area contributed by atoms with Gasteiger partial charge in [0.1, 0.15) is 11.3 Å². The van der Waals surface area contributed by atoms with Crippen molar-refractivity contribution in [3.8, 4) is 5.75 Å². The van der Waals surface area contributed by atoms with Gasteiger partial charge in [0.25, 0.3) is 5.91 Å². The van der Waals surface area contributed by atoms with E-state index in [1.54, 1.807) is 12.1 Å². The van der Waals surface area contributed by atoms with Gasteiger partial charge in [-0.25, -0.2) is 8.42 Å². The molecule has 128 valence electrons. The summed E-state index contributed by atoms with van der Waals surface area (Å²) in [7, 11) is -3.28. The van der Waals surface area contributed by atoms with Gasteiger partial charge in [0.05, 0.1) is 20.0 Å². The van der Waals surface area contributed by atoms with Crippen LogP contribution in [-0.2, 0) is 16.4 Å². The normalized spacial score (nSPS) is 11.3. The van der Waals surface area contributed by atoms with Gasteiger partial charge in [0.2, 0.25) is 0 Å². The van der Waals surface area contributed by atoms with Crippen LogP contribution in [0.3, 0.4) is 0 Å². The smallest absolute Gasteiger partial charge is 0.256 e. The van der Waals surface area contributed by atoms with E-state index < -0.39 is 21.5 Å². The fraction of sp³-hybridized carbons (Fsp3) is 0.133. The molecular weight excluding hydrogens is 397 g/mol. The molecule has 0 fully saturated rings. The van der Waals surface area contributed by atoms with Crippen molar-refractivity contribution in [3.63, 3.8) is 0 Å². The van der Waals surface area contributed by atoms with Gasteiger partial charge in [-0.2, -0.15) is 0 Å². The molecule has 0 radical (unpaired) electrons. The van der Waals surface area contributed by atoms with Crippen molar-refractivity contribution in [2.45, 2.75) is 11.4 Å². The summed E-state index contributed by atoms with van der Waals surface area (Å²) < 4.78 is 22.8. The lowest BCUT2D eigenvalue weighted by molar-refractivity contribution is 0.0948. The van der Waals surface area contributed by atoms with E-state index in [0.29, 0.717) is 5.56 Å². The molecule has 2 aromatic rings. The van der Waals surface area contributed by atoms with Crippen LogP contribution in [0, 0.1) is 0 Å². The quantitative estimate of drug-likeness (QED) is 0.756. The van der Waals surface area contributed by atoms with E-state index in [9.17, 15) is 18.3 Å². The third kappa shape index (κ3) is 4.13. The van der Waals surface area contributed by atoms with Crippen LogP contribution in [0.2, 0.25) is 15.1 Å². The number of amides is 1. The molecule has 0 aromatic heterocycles. The highest BCUT2D eigenvalue weighted by Crippen LogP contribution is 2.38. The van der Waals surface area contributed by atoms with Gasteiger partial charge in [0.15, 0.2) is 9.84 Å². The summed E-state index contributed by atoms with van der Waals surface area (Å²) in [5.74, 6) is -1.12. The molecule has 0 heterocycles. The number of hydrogen-bond donors (Lipinski definition) is 2. The van der Waals surface area contributed by atoms with Crippen LogP contribution < -0.4 is 5.32 Å². The first kappa shape index (κ1) is 18.9. The molecule has 9 heteroatoms. The second-order valence-electron chi connectivity index (χ2n) is 4.98. The lowest BCUT2D eigenvalue weighted by Gasteiger charge is -2.11. The van der Waals surface area contributed by atoms with Gasteiger partial charge in [-0.1, -0.05) is 46.9 Å². The number of phenolic OH excluding ortho intramolecular Hbond substituents is 1. The van der Waals surface area contributed by atoms with Crippen molar-refractivity contribution in [2.75, 3.05) is 6.26 Å². The number of aromatic hydroxyl groups is 1. The Kier molecular flexibility index (Phi) is 5.65. The van der Waals surface area contributed by atoms with Crippen LogP contribution in [0.1, 0.15) is 15.9 Å². The summed E-state index contributed by atoms with van der Waals surface area (Å²) in [6, 6.07) is 7.27. The summed E-state index contributed by atoms with van der Waals surface area (Å²) in [4.78, 5) is 12.4. The summed E-state index contributed by atoms with van der Waals surface area (Å²) in [5.41, 5.74) is 0.446. The first-order valence-electron chi connectivity index (χ1n) is 6.55. The monoisotopic (exact) mass is 407 g/mol. The van der Waals surface area contributed by atoms with Gasteiger partial charge in [-0.15, -0.1) is 0 Å². The molecule has 24 heavy (non-hydrogen) atoms. The molecule has 0 saturated heterocycles. The molecule has 0 aliphatic rings. The number of phenols is 1. The zero-order valence-electron chi connectivity index (χ0n) is 12.3. The Balaban J connectivity index is 2.17. The maximum absolute atomic E-state index is 12.2. The highest BCUT2D eigenvalue weighted by Gasteiger charge is 2.21. The van der Waals surface area contributed by atoms with Crippen LogP contribution >= 0.6 is 34.8 Å². The van der Waals surface area contributed by atoms with Crippen LogP contribution in [0.25, 0.3) is 0 Å². The van der Waals surface area contributed by atoms with Crippen molar-refractivity contribution in [2.24, 2.45) is 0 Å². The maximum Gasteiger partial charge on any atom is 0.256 e. The molecule has 0 aliphatic carbocycles. The van der Waals surface area contributed by atoms with Crippen molar-refractivity contribution >= 4 is 50.5 Å². The minimum atomic E-state index is -3.28. The summed E-state index contributed by atoms with van der Waals surface area (Å²) >= 11 is 17.6. The molecule has 0 unspecified atom stereocenters. The number of halogens is 3. The Morgan fingerprint density at radius 2 is 1.71 bits per heavy atom. The topological polar surface area (TPSA) is 83.5 Å². The van der Waals surface area contributed by atoms with Crippen molar-refractivity contribution in [3.05, 3.63) is 56.5 Å². The molecule has 2 aromatic carbocycles. The highest BCUT2D eigenvalue weighted by atomic mass is 35.5. The summed E-state index contributed by atoms with van der Waals surface area (Å²) in [5, 5.41) is 12.3. The Hall–Kier alpha value is -1.47. The summed E-state index contributed by atoms with van der Waals surface area (Å²) in [6.45, 7) is 0.1000. The molecule has 0 bridgehead atoms. The fourth-order valence-corrected chi connectivity index (χ4v) is 3.24. The maximum atomic E-state index is 12.2. The standard InChI is InChI=1S/C15H12Cl3NO4S/c1-24(22,23)9-4-2-8(3-5-9)7-19-15(21)12-13(18)10(16)6-11(17)14(12)20/h2-6,20H,7H2,1H3,(H,19,21). The molecule has 0 aliphatic heterocycles. The molecule has 0 spiro atoms. The summed E-state index contributed by atoms with van der Waals surface area (Å²) in [6.07, 6.45) is 1.11. The Morgan fingerprint density at radius 3 is 2.25 bits per heavy atom. The van der Waals surface area contributed by atoms with E-state index >= 15 is 0 Å². The van der Waals surface area contributed by atoms with Crippen LogP contribution in [-0.4, -0.2) is 25.7 Å². The second-order valence-corrected chi connectivity index (χ2v) is 8.18. The van der Waals surface area contributed by atoms with E-state index in [4.69, 9.17) is 34.8 Å². The lowest BCUT2D eigenvalue weighted by atomic mass is 10.1. The fourth-order valence-electron chi connectivity index (χ4n) is 1.92. The van der Waals surface area contributed by atoms with Gasteiger partial charge in [0, 0.05) is 12.8 Å². The van der Waals surface area contributed by atoms with Crippen LogP contribution in [0.5, 0.6) is 5.75 Å². The van der Waals surface area contributed by atoms with E-state index in [0.717, 1.165) is 6.26 Å². The van der Waals surface area contributed by atoms with Crippen LogP contribution in [0.4, 0.5) is 0 Å². The van der Waals surface area contributed by atoms with E-state index in [2.05, 4.69) is 5.32 Å². The largest absolute Gasteiger partial charge is 0.505 e. The number of benzene rings is 2. The highest BCUT2D eigenvalue weighted by molar-refractivity contribution is 7.90. The Bertz CT molecular complexity index is 870. The van der Waals surface area contributed by atoms with Crippen LogP contribution in [0.15, 0.2) is 35.2 Å². The first-order chi connectivity index (χ1) is 11.1. The second kappa shape index (κ2) is 7.19. The molecule has 1 amide bonds. The third-order valence-electron chi connectivity index (χ3n) is 3.18. The number of carbonyl (C=O) groups excluding carboxylic acids is 1. The minimum absolute atomic E-state index is 0.0436. The predicted octanol–water partition coefficient (Wildman–Crippen LogP) is 3.69. The van der Waals surface area contributed by atoms with Gasteiger partial charge in [-0.3, -0.25) is 4.79 Å². The van der Waals surface area contributed by atoms with Crippen molar-refractivity contribution in [1.82, 2.24) is 5.32 Å². The van der Waals surface area contributed by atoms with Gasteiger partial charge < -0.3 is 10.4 Å². The Labute approximate surface area is 154 Å². The first-order valence-corrected chi connectivity index (χ1v) is 9.57. The number of hydrogen-bond acceptors (Lipinski definition) is 4. The number of rotatable bonds is 4. The average molecular weight is 409 g/mol.